The normalized spacial score (nSPS) is 16.0. The summed E-state index contributed by atoms with van der Waals surface area (Å²) in [6, 6.07) is 5.60. The van der Waals surface area contributed by atoms with E-state index < -0.39 is 33.3 Å². The van der Waals surface area contributed by atoms with Crippen molar-refractivity contribution in [1.82, 2.24) is 0 Å². The van der Waals surface area contributed by atoms with Gasteiger partial charge in [-0.05, 0) is 12.0 Å². The molecule has 0 nitrogen and oxygen atoms in total. The second kappa shape index (κ2) is 7.96. The Morgan fingerprint density at radius 2 is 1.38 bits per heavy atom. The van der Waals surface area contributed by atoms with Gasteiger partial charge in [0.1, 0.15) is 0 Å². The number of halogens is 8. The molecule has 0 N–H and O–H groups in total. The Bertz CT molecular complexity index is 516. The molecule has 0 radical (unpaired) electrons. The van der Waals surface area contributed by atoms with Crippen molar-refractivity contribution in [2.75, 3.05) is 0 Å². The van der Waals surface area contributed by atoms with Crippen LogP contribution in [-0.2, 0) is 5.67 Å². The Labute approximate surface area is 153 Å². The number of unbranched alkanes of at least 4 members (excludes halogenated alkanes) is 3. The van der Waals surface area contributed by atoms with Gasteiger partial charge >= 0.3 is 11.8 Å². The van der Waals surface area contributed by atoms with E-state index in [1.165, 1.54) is 18.2 Å². The summed E-state index contributed by atoms with van der Waals surface area (Å²) >= 11 is 16.2. The van der Waals surface area contributed by atoms with E-state index in [1.807, 2.05) is 6.92 Å². The van der Waals surface area contributed by atoms with E-state index in [-0.39, 0.29) is 6.42 Å². The molecule has 0 saturated heterocycles. The SMILES string of the molecule is CCCCCCC(F)(F)C(F)(F)C(F)(c1ccccc1)C(Cl)(Cl)Cl. The predicted octanol–water partition coefficient (Wildman–Crippen LogP) is 7.46. The van der Waals surface area contributed by atoms with Crippen molar-refractivity contribution in [1.29, 1.82) is 0 Å². The molecule has 1 atom stereocenters. The van der Waals surface area contributed by atoms with E-state index in [0.29, 0.717) is 12.8 Å². The molecule has 0 heterocycles. The van der Waals surface area contributed by atoms with E-state index in [2.05, 4.69) is 0 Å². The van der Waals surface area contributed by atoms with Crippen molar-refractivity contribution >= 4 is 34.8 Å². The minimum Gasteiger partial charge on any atom is -0.227 e. The zero-order valence-electron chi connectivity index (χ0n) is 12.9. The van der Waals surface area contributed by atoms with Crippen molar-refractivity contribution < 1.29 is 22.0 Å². The molecule has 1 rings (SSSR count). The highest BCUT2D eigenvalue weighted by Crippen LogP contribution is 2.61. The summed E-state index contributed by atoms with van der Waals surface area (Å²) < 4.78 is 69.4. The van der Waals surface area contributed by atoms with Crippen molar-refractivity contribution in [3.8, 4) is 0 Å². The average Bonchev–Trinajstić information content (AvgIpc) is 2.50. The van der Waals surface area contributed by atoms with Crippen LogP contribution in [0.3, 0.4) is 0 Å². The standard InChI is InChI=1S/C16H18Cl3F5/c1-2-3-4-8-11-13(20,21)15(23,24)14(22,16(17,18)19)12-9-6-5-7-10-12/h5-7,9-10H,2-4,8,11H2,1H3. The maximum absolute atomic E-state index is 15.3. The summed E-state index contributed by atoms with van der Waals surface area (Å²) in [6.07, 6.45) is 0.319. The van der Waals surface area contributed by atoms with E-state index in [1.54, 1.807) is 0 Å². The van der Waals surface area contributed by atoms with Gasteiger partial charge in [0.05, 0.1) is 0 Å². The molecule has 0 spiro atoms. The number of rotatable bonds is 8. The number of alkyl halides is 8. The van der Waals surface area contributed by atoms with Crippen LogP contribution in [0.1, 0.15) is 44.6 Å². The third-order valence-electron chi connectivity index (χ3n) is 3.80. The molecule has 8 heteroatoms. The highest BCUT2D eigenvalue weighted by atomic mass is 35.6. The minimum absolute atomic E-state index is 0.179. The van der Waals surface area contributed by atoms with Crippen LogP contribution in [0, 0.1) is 0 Å². The Kier molecular flexibility index (Phi) is 7.23. The molecule has 0 fully saturated rings. The van der Waals surface area contributed by atoms with Crippen molar-refractivity contribution in [3.05, 3.63) is 35.9 Å². The molecular formula is C16H18Cl3F5. The van der Waals surface area contributed by atoms with Gasteiger partial charge in [0.25, 0.3) is 5.67 Å². The van der Waals surface area contributed by atoms with E-state index in [9.17, 15) is 17.6 Å². The Hall–Kier alpha value is -0.260. The van der Waals surface area contributed by atoms with Crippen LogP contribution in [0.25, 0.3) is 0 Å². The molecule has 24 heavy (non-hydrogen) atoms. The second-order valence-corrected chi connectivity index (χ2v) is 7.89. The molecule has 0 aliphatic heterocycles. The number of hydrogen-bond donors (Lipinski definition) is 0. The molecule has 0 amide bonds. The molecule has 138 valence electrons. The molecule has 0 aromatic heterocycles. The maximum atomic E-state index is 15.3. The van der Waals surface area contributed by atoms with Gasteiger partial charge < -0.3 is 0 Å². The zero-order valence-corrected chi connectivity index (χ0v) is 15.2. The van der Waals surface area contributed by atoms with Crippen LogP contribution in [0.2, 0.25) is 0 Å². The van der Waals surface area contributed by atoms with E-state index >= 15 is 4.39 Å². The van der Waals surface area contributed by atoms with Crippen molar-refractivity contribution in [2.45, 2.75) is 60.3 Å². The van der Waals surface area contributed by atoms with Gasteiger partial charge in [0, 0.05) is 6.42 Å². The van der Waals surface area contributed by atoms with Crippen LogP contribution in [0.15, 0.2) is 30.3 Å². The third-order valence-corrected chi connectivity index (χ3v) is 4.58. The van der Waals surface area contributed by atoms with Gasteiger partial charge in [-0.3, -0.25) is 0 Å². The fraction of sp³-hybridized carbons (Fsp3) is 0.625. The topological polar surface area (TPSA) is 0 Å². The molecule has 1 aromatic rings. The summed E-state index contributed by atoms with van der Waals surface area (Å²) in [5.41, 5.74) is -5.00. The van der Waals surface area contributed by atoms with Crippen molar-refractivity contribution in [2.24, 2.45) is 0 Å². The van der Waals surface area contributed by atoms with Crippen LogP contribution < -0.4 is 0 Å². The summed E-state index contributed by atoms with van der Waals surface area (Å²) in [5.74, 6) is -9.88. The molecule has 0 aliphatic rings. The Balaban J connectivity index is 3.26. The van der Waals surface area contributed by atoms with Crippen LogP contribution in [0.5, 0.6) is 0 Å². The molecule has 0 saturated carbocycles. The number of hydrogen-bond acceptors (Lipinski definition) is 0. The molecular weight excluding hydrogens is 394 g/mol. The summed E-state index contributed by atoms with van der Waals surface area (Å²) in [4.78, 5) is 0. The van der Waals surface area contributed by atoms with Gasteiger partial charge in [0.15, 0.2) is 0 Å². The van der Waals surface area contributed by atoms with Crippen LogP contribution >= 0.6 is 34.8 Å². The quantitative estimate of drug-likeness (QED) is 0.236. The van der Waals surface area contributed by atoms with Gasteiger partial charge in [-0.2, -0.15) is 17.6 Å². The first-order valence-electron chi connectivity index (χ1n) is 7.48. The summed E-state index contributed by atoms with van der Waals surface area (Å²) in [6.45, 7) is 1.84. The molecule has 0 bridgehead atoms. The van der Waals surface area contributed by atoms with Gasteiger partial charge in [0.2, 0.25) is 3.79 Å². The minimum atomic E-state index is -5.21. The van der Waals surface area contributed by atoms with E-state index in [0.717, 1.165) is 18.6 Å². The molecule has 0 aliphatic carbocycles. The smallest absolute Gasteiger partial charge is 0.227 e. The number of benzene rings is 1. The predicted molar refractivity (Wildman–Crippen MR) is 88.2 cm³/mol. The first-order chi connectivity index (χ1) is 10.9. The zero-order chi connectivity index (χ0) is 18.6. The Morgan fingerprint density at radius 1 is 0.833 bits per heavy atom. The fourth-order valence-corrected chi connectivity index (χ4v) is 3.06. The first kappa shape index (κ1) is 21.8. The van der Waals surface area contributed by atoms with Crippen LogP contribution in [-0.4, -0.2) is 15.6 Å². The summed E-state index contributed by atoms with van der Waals surface area (Å²) in [7, 11) is 0. The van der Waals surface area contributed by atoms with Gasteiger partial charge in [-0.25, -0.2) is 4.39 Å². The fourth-order valence-electron chi connectivity index (χ4n) is 2.37. The highest BCUT2D eigenvalue weighted by molar-refractivity contribution is 6.68. The van der Waals surface area contributed by atoms with Crippen LogP contribution in [0.4, 0.5) is 22.0 Å². The maximum Gasteiger partial charge on any atom is 0.351 e. The third kappa shape index (κ3) is 4.10. The van der Waals surface area contributed by atoms with Gasteiger partial charge in [-0.15, -0.1) is 0 Å². The lowest BCUT2D eigenvalue weighted by atomic mass is 9.85. The van der Waals surface area contributed by atoms with E-state index in [4.69, 9.17) is 34.8 Å². The molecule has 1 unspecified atom stereocenters. The highest BCUT2D eigenvalue weighted by Gasteiger charge is 2.76. The summed E-state index contributed by atoms with van der Waals surface area (Å²) in [5, 5.41) is 0. The largest absolute Gasteiger partial charge is 0.351 e. The first-order valence-corrected chi connectivity index (χ1v) is 8.62. The van der Waals surface area contributed by atoms with Crippen molar-refractivity contribution in [3.63, 3.8) is 0 Å². The monoisotopic (exact) mass is 410 g/mol. The second-order valence-electron chi connectivity index (χ2n) is 5.61. The Morgan fingerprint density at radius 3 is 1.83 bits per heavy atom. The lowest BCUT2D eigenvalue weighted by Gasteiger charge is -2.42. The average molecular weight is 412 g/mol. The molecule has 1 aromatic carbocycles. The lowest BCUT2D eigenvalue weighted by molar-refractivity contribution is -0.278. The lowest BCUT2D eigenvalue weighted by Crippen LogP contribution is -2.60. The van der Waals surface area contributed by atoms with Gasteiger partial charge in [-0.1, -0.05) is 91.3 Å².